The minimum atomic E-state index is -0.365. The van der Waals surface area contributed by atoms with Crippen LogP contribution in [0.4, 0.5) is 5.69 Å². The van der Waals surface area contributed by atoms with Crippen LogP contribution in [0.3, 0.4) is 0 Å². The number of nitrogens with zero attached hydrogens (tertiary/aromatic N) is 3. The van der Waals surface area contributed by atoms with Gasteiger partial charge in [0.05, 0.1) is 6.54 Å². The van der Waals surface area contributed by atoms with Crippen molar-refractivity contribution in [2.45, 2.75) is 13.2 Å². The molecule has 0 bridgehead atoms. The summed E-state index contributed by atoms with van der Waals surface area (Å²) in [4.78, 5) is 13.4. The van der Waals surface area contributed by atoms with E-state index in [1.54, 1.807) is 28.9 Å². The number of hydrogen-bond acceptors (Lipinski definition) is 5. The van der Waals surface area contributed by atoms with Gasteiger partial charge in [0.15, 0.2) is 5.69 Å². The zero-order chi connectivity index (χ0) is 24.6. The van der Waals surface area contributed by atoms with Gasteiger partial charge in [-0.25, -0.2) is 4.68 Å². The summed E-state index contributed by atoms with van der Waals surface area (Å²) in [7, 11) is 0. The van der Waals surface area contributed by atoms with E-state index in [-0.39, 0.29) is 24.1 Å². The number of para-hydroxylation sites is 1. The van der Waals surface area contributed by atoms with Gasteiger partial charge < -0.3 is 14.8 Å². The lowest BCUT2D eigenvalue weighted by Crippen LogP contribution is -2.19. The molecule has 0 radical (unpaired) electrons. The largest absolute Gasteiger partial charge is 0.470 e. The molecule has 7 heteroatoms. The molecule has 5 rings (SSSR count). The first-order valence-corrected chi connectivity index (χ1v) is 11.5. The van der Waals surface area contributed by atoms with Crippen molar-refractivity contribution in [1.29, 1.82) is 0 Å². The van der Waals surface area contributed by atoms with Crippen LogP contribution in [0, 0.1) is 0 Å². The van der Waals surface area contributed by atoms with Gasteiger partial charge in [0, 0.05) is 5.69 Å². The Hall–Kier alpha value is -4.91. The first kappa shape index (κ1) is 22.9. The minimum Gasteiger partial charge on any atom is -0.470 e. The molecule has 0 aliphatic carbocycles. The third-order valence-electron chi connectivity index (χ3n) is 5.40. The van der Waals surface area contributed by atoms with Gasteiger partial charge in [-0.3, -0.25) is 4.79 Å². The number of rotatable bonds is 9. The van der Waals surface area contributed by atoms with Crippen LogP contribution in [0.2, 0.25) is 0 Å². The highest BCUT2D eigenvalue weighted by Crippen LogP contribution is 2.24. The number of aromatic nitrogens is 3. The van der Waals surface area contributed by atoms with Gasteiger partial charge in [-0.2, -0.15) is 0 Å². The Balaban J connectivity index is 1.34. The number of carbonyl (C=O) groups is 1. The summed E-state index contributed by atoms with van der Waals surface area (Å²) < 4.78 is 13.3. The number of anilines is 1. The highest BCUT2D eigenvalue weighted by Gasteiger charge is 2.22. The lowest BCUT2D eigenvalue weighted by Gasteiger charge is -2.11. The average Bonchev–Trinajstić information content (AvgIpc) is 3.33. The van der Waals surface area contributed by atoms with Gasteiger partial charge >= 0.3 is 0 Å². The zero-order valence-electron chi connectivity index (χ0n) is 19.5. The molecule has 1 N–H and O–H groups in total. The molecule has 5 aromatic rings. The third-order valence-corrected chi connectivity index (χ3v) is 5.40. The Morgan fingerprint density at radius 3 is 1.97 bits per heavy atom. The van der Waals surface area contributed by atoms with Crippen molar-refractivity contribution in [3.8, 4) is 17.4 Å². The molecule has 0 atom stereocenters. The highest BCUT2D eigenvalue weighted by molar-refractivity contribution is 6.04. The molecular formula is C29H24N4O3. The maximum Gasteiger partial charge on any atom is 0.279 e. The summed E-state index contributed by atoms with van der Waals surface area (Å²) in [6, 6.07) is 36.2. The quantitative estimate of drug-likeness (QED) is 0.284. The van der Waals surface area contributed by atoms with Gasteiger partial charge in [0.25, 0.3) is 11.8 Å². The van der Waals surface area contributed by atoms with E-state index < -0.39 is 0 Å². The number of benzene rings is 4. The molecule has 0 aliphatic rings. The first-order valence-electron chi connectivity index (χ1n) is 11.5. The second-order valence-corrected chi connectivity index (χ2v) is 8.05. The van der Waals surface area contributed by atoms with Crippen LogP contribution in [-0.2, 0) is 13.2 Å². The van der Waals surface area contributed by atoms with E-state index in [1.165, 1.54) is 0 Å². The fraction of sp³-hybridized carbons (Fsp3) is 0.0690. The van der Waals surface area contributed by atoms with Crippen LogP contribution >= 0.6 is 0 Å². The summed E-state index contributed by atoms with van der Waals surface area (Å²) in [5.74, 6) is 1.22. The SMILES string of the molecule is O=C(Nc1ccc(Oc2ccccc2)cc1)c1c(OCc2ccccc2)nnn1Cc1ccccc1. The Morgan fingerprint density at radius 2 is 1.31 bits per heavy atom. The molecule has 178 valence electrons. The van der Waals surface area contributed by atoms with Gasteiger partial charge in [-0.1, -0.05) is 89.2 Å². The lowest BCUT2D eigenvalue weighted by atomic mass is 10.2. The van der Waals surface area contributed by atoms with Crippen LogP contribution in [0.15, 0.2) is 115 Å². The molecule has 0 saturated heterocycles. The van der Waals surface area contributed by atoms with Gasteiger partial charge in [0.1, 0.15) is 18.1 Å². The molecule has 0 unspecified atom stereocenters. The van der Waals surface area contributed by atoms with E-state index in [1.807, 2.05) is 91.0 Å². The molecule has 0 aliphatic heterocycles. The summed E-state index contributed by atoms with van der Waals surface area (Å²) in [5.41, 5.74) is 2.82. The van der Waals surface area contributed by atoms with Crippen molar-refractivity contribution in [1.82, 2.24) is 15.0 Å². The predicted octanol–water partition coefficient (Wildman–Crippen LogP) is 5.95. The number of ether oxygens (including phenoxy) is 2. The molecule has 4 aromatic carbocycles. The second kappa shape index (κ2) is 11.0. The summed E-state index contributed by atoms with van der Waals surface area (Å²) >= 11 is 0. The van der Waals surface area contributed by atoms with E-state index in [0.717, 1.165) is 16.9 Å². The van der Waals surface area contributed by atoms with Crippen molar-refractivity contribution in [2.24, 2.45) is 0 Å². The molecule has 1 aromatic heterocycles. The van der Waals surface area contributed by atoms with E-state index in [0.29, 0.717) is 18.0 Å². The molecule has 0 spiro atoms. The van der Waals surface area contributed by atoms with Crippen molar-refractivity contribution in [2.75, 3.05) is 5.32 Å². The fourth-order valence-corrected chi connectivity index (χ4v) is 3.62. The normalized spacial score (nSPS) is 10.6. The Morgan fingerprint density at radius 1 is 0.722 bits per heavy atom. The first-order chi connectivity index (χ1) is 17.7. The summed E-state index contributed by atoms with van der Waals surface area (Å²) in [6.45, 7) is 0.659. The predicted molar refractivity (Wildman–Crippen MR) is 137 cm³/mol. The van der Waals surface area contributed by atoms with Crippen molar-refractivity contribution in [3.05, 3.63) is 132 Å². The topological polar surface area (TPSA) is 78.3 Å². The molecule has 0 saturated carbocycles. The third kappa shape index (κ3) is 5.77. The van der Waals surface area contributed by atoms with Gasteiger partial charge in [-0.15, -0.1) is 0 Å². The zero-order valence-corrected chi connectivity index (χ0v) is 19.5. The van der Waals surface area contributed by atoms with Crippen LogP contribution in [0.25, 0.3) is 0 Å². The molecule has 7 nitrogen and oxygen atoms in total. The Bertz CT molecular complexity index is 1400. The maximum atomic E-state index is 13.4. The number of hydrogen-bond donors (Lipinski definition) is 1. The number of nitrogens with one attached hydrogen (secondary N) is 1. The molecular weight excluding hydrogens is 452 g/mol. The van der Waals surface area contributed by atoms with Crippen LogP contribution in [0.5, 0.6) is 17.4 Å². The molecule has 1 heterocycles. The number of amides is 1. The monoisotopic (exact) mass is 476 g/mol. The van der Waals surface area contributed by atoms with Crippen molar-refractivity contribution in [3.63, 3.8) is 0 Å². The van der Waals surface area contributed by atoms with Crippen molar-refractivity contribution < 1.29 is 14.3 Å². The van der Waals surface area contributed by atoms with E-state index >= 15 is 0 Å². The van der Waals surface area contributed by atoms with E-state index in [4.69, 9.17) is 9.47 Å². The number of carbonyl (C=O) groups excluding carboxylic acids is 1. The van der Waals surface area contributed by atoms with Gasteiger partial charge in [0.2, 0.25) is 0 Å². The standard InChI is InChI=1S/C29H24N4O3/c34-28(30-24-16-18-26(19-17-24)36-25-14-8-3-9-15-25)27-29(35-21-23-12-6-2-7-13-23)31-32-33(27)20-22-10-4-1-5-11-22/h1-19H,20-21H2,(H,30,34). The lowest BCUT2D eigenvalue weighted by molar-refractivity contribution is 0.101. The average molecular weight is 477 g/mol. The Kier molecular flexibility index (Phi) is 6.99. The van der Waals surface area contributed by atoms with Crippen LogP contribution < -0.4 is 14.8 Å². The molecule has 36 heavy (non-hydrogen) atoms. The van der Waals surface area contributed by atoms with E-state index in [9.17, 15) is 4.79 Å². The second-order valence-electron chi connectivity index (χ2n) is 8.05. The summed E-state index contributed by atoms with van der Waals surface area (Å²) in [5, 5.41) is 11.3. The van der Waals surface area contributed by atoms with E-state index in [2.05, 4.69) is 15.6 Å². The highest BCUT2D eigenvalue weighted by atomic mass is 16.5. The summed E-state index contributed by atoms with van der Waals surface area (Å²) in [6.07, 6.45) is 0. The van der Waals surface area contributed by atoms with Crippen molar-refractivity contribution >= 4 is 11.6 Å². The molecule has 1 amide bonds. The van der Waals surface area contributed by atoms with Gasteiger partial charge in [-0.05, 0) is 47.5 Å². The molecule has 0 fully saturated rings. The fourth-order valence-electron chi connectivity index (χ4n) is 3.62. The Labute approximate surface area is 208 Å². The van der Waals surface area contributed by atoms with Crippen LogP contribution in [-0.4, -0.2) is 20.9 Å². The minimum absolute atomic E-state index is 0.177. The maximum absolute atomic E-state index is 13.4. The van der Waals surface area contributed by atoms with Crippen LogP contribution in [0.1, 0.15) is 21.6 Å². The smallest absolute Gasteiger partial charge is 0.279 e.